The van der Waals surface area contributed by atoms with E-state index in [0.29, 0.717) is 11.4 Å². The van der Waals surface area contributed by atoms with Crippen LogP contribution in [0.1, 0.15) is 39.3 Å². The minimum atomic E-state index is -0.497. The summed E-state index contributed by atoms with van der Waals surface area (Å²) < 4.78 is 19.2. The third-order valence-electron chi connectivity index (χ3n) is 3.74. The first-order valence-electron chi connectivity index (χ1n) is 5.99. The van der Waals surface area contributed by atoms with E-state index in [-0.39, 0.29) is 23.7 Å². The predicted molar refractivity (Wildman–Crippen MR) is 64.2 cm³/mol. The number of halogens is 1. The molecular formula is C13H19FN2O. The van der Waals surface area contributed by atoms with Crippen LogP contribution >= 0.6 is 0 Å². The van der Waals surface area contributed by atoms with E-state index in [1.54, 1.807) is 0 Å². The van der Waals surface area contributed by atoms with E-state index in [4.69, 9.17) is 10.5 Å². The van der Waals surface area contributed by atoms with Crippen molar-refractivity contribution in [3.05, 3.63) is 23.6 Å². The molecule has 1 aliphatic heterocycles. The first-order valence-corrected chi connectivity index (χ1v) is 5.99. The molecule has 0 amide bonds. The van der Waals surface area contributed by atoms with Crippen molar-refractivity contribution in [1.82, 2.24) is 4.98 Å². The highest BCUT2D eigenvalue weighted by molar-refractivity contribution is 5.38. The molecule has 0 radical (unpaired) electrons. The molecule has 94 valence electrons. The Morgan fingerprint density at radius 2 is 1.94 bits per heavy atom. The van der Waals surface area contributed by atoms with Gasteiger partial charge in [-0.05, 0) is 17.9 Å². The molecule has 0 unspecified atom stereocenters. The number of aromatic nitrogens is 1. The van der Waals surface area contributed by atoms with Gasteiger partial charge in [0.25, 0.3) is 0 Å². The summed E-state index contributed by atoms with van der Waals surface area (Å²) in [5, 5.41) is 0. The van der Waals surface area contributed by atoms with Crippen LogP contribution in [0, 0.1) is 17.7 Å². The minimum Gasteiger partial charge on any atom is -0.468 e. The van der Waals surface area contributed by atoms with E-state index in [1.165, 1.54) is 12.3 Å². The first-order chi connectivity index (χ1) is 7.89. The van der Waals surface area contributed by atoms with Crippen LogP contribution < -0.4 is 10.5 Å². The van der Waals surface area contributed by atoms with Crippen molar-refractivity contribution in [1.29, 1.82) is 0 Å². The second kappa shape index (κ2) is 3.95. The molecule has 17 heavy (non-hydrogen) atoms. The van der Waals surface area contributed by atoms with Gasteiger partial charge in [-0.25, -0.2) is 9.37 Å². The van der Waals surface area contributed by atoms with Crippen molar-refractivity contribution in [2.24, 2.45) is 17.6 Å². The zero-order chi connectivity index (χ0) is 12.8. The standard InChI is InChI=1S/C13H19FN2O/c1-7(2)13(8(3)4)11(15)10-5-9(14)6-16-12(10)17-13/h5-8,11H,15H2,1-4H3/t11-/m1/s1. The fourth-order valence-electron chi connectivity index (χ4n) is 2.85. The van der Waals surface area contributed by atoms with Gasteiger partial charge in [-0.15, -0.1) is 0 Å². The number of fused-ring (bicyclic) bond motifs is 1. The van der Waals surface area contributed by atoms with Crippen molar-refractivity contribution >= 4 is 0 Å². The zero-order valence-corrected chi connectivity index (χ0v) is 10.7. The second-order valence-corrected chi connectivity index (χ2v) is 5.29. The van der Waals surface area contributed by atoms with Gasteiger partial charge in [-0.3, -0.25) is 0 Å². The molecule has 2 rings (SSSR count). The average molecular weight is 238 g/mol. The number of pyridine rings is 1. The molecule has 1 aliphatic rings. The molecule has 0 saturated heterocycles. The number of nitrogens with two attached hydrogens (primary N) is 1. The molecule has 1 aromatic rings. The van der Waals surface area contributed by atoms with E-state index in [0.717, 1.165) is 0 Å². The Morgan fingerprint density at radius 3 is 2.47 bits per heavy atom. The fourth-order valence-corrected chi connectivity index (χ4v) is 2.85. The third kappa shape index (κ3) is 1.62. The Labute approximate surface area is 101 Å². The topological polar surface area (TPSA) is 48.1 Å². The van der Waals surface area contributed by atoms with Crippen LogP contribution in [0.25, 0.3) is 0 Å². The molecular weight excluding hydrogens is 219 g/mol. The highest BCUT2D eigenvalue weighted by Gasteiger charge is 2.52. The molecule has 0 spiro atoms. The van der Waals surface area contributed by atoms with Crippen LogP contribution in [0.5, 0.6) is 5.88 Å². The van der Waals surface area contributed by atoms with E-state index in [2.05, 4.69) is 32.7 Å². The summed E-state index contributed by atoms with van der Waals surface area (Å²) in [5.74, 6) is 0.567. The van der Waals surface area contributed by atoms with Crippen LogP contribution in [-0.2, 0) is 0 Å². The molecule has 1 aromatic heterocycles. The lowest BCUT2D eigenvalue weighted by atomic mass is 9.74. The molecule has 0 saturated carbocycles. The first kappa shape index (κ1) is 12.3. The van der Waals surface area contributed by atoms with E-state index in [9.17, 15) is 4.39 Å². The fraction of sp³-hybridized carbons (Fsp3) is 0.615. The Hall–Kier alpha value is -1.16. The number of rotatable bonds is 2. The lowest BCUT2D eigenvalue weighted by Gasteiger charge is -2.40. The summed E-state index contributed by atoms with van der Waals surface area (Å²) in [6, 6.07) is 1.10. The van der Waals surface area contributed by atoms with Gasteiger partial charge in [0.05, 0.1) is 12.2 Å². The van der Waals surface area contributed by atoms with Crippen molar-refractivity contribution in [3.8, 4) is 5.88 Å². The van der Waals surface area contributed by atoms with Crippen LogP contribution in [0.3, 0.4) is 0 Å². The Balaban J connectivity index is 2.51. The van der Waals surface area contributed by atoms with Gasteiger partial charge in [0.2, 0.25) is 5.88 Å². The average Bonchev–Trinajstić information content (AvgIpc) is 2.53. The number of hydrogen-bond donors (Lipinski definition) is 1. The van der Waals surface area contributed by atoms with Crippen molar-refractivity contribution in [2.75, 3.05) is 0 Å². The van der Waals surface area contributed by atoms with Crippen LogP contribution in [-0.4, -0.2) is 10.6 Å². The summed E-state index contributed by atoms with van der Waals surface area (Å²) in [6.07, 6.45) is 1.17. The van der Waals surface area contributed by atoms with Gasteiger partial charge in [-0.1, -0.05) is 27.7 Å². The monoisotopic (exact) mass is 238 g/mol. The molecule has 0 aromatic carbocycles. The summed E-state index contributed by atoms with van der Waals surface area (Å²) in [4.78, 5) is 3.99. The molecule has 2 heterocycles. The van der Waals surface area contributed by atoms with Crippen LogP contribution in [0.2, 0.25) is 0 Å². The maximum Gasteiger partial charge on any atom is 0.219 e. The summed E-state index contributed by atoms with van der Waals surface area (Å²) >= 11 is 0. The molecule has 0 fully saturated rings. The second-order valence-electron chi connectivity index (χ2n) is 5.29. The Kier molecular flexibility index (Phi) is 2.86. The zero-order valence-electron chi connectivity index (χ0n) is 10.7. The van der Waals surface area contributed by atoms with Gasteiger partial charge in [0.15, 0.2) is 0 Å². The lowest BCUT2D eigenvalue weighted by molar-refractivity contribution is -0.0245. The van der Waals surface area contributed by atoms with Gasteiger partial charge >= 0.3 is 0 Å². The number of ether oxygens (including phenoxy) is 1. The minimum absolute atomic E-state index is 0.231. The molecule has 3 nitrogen and oxygen atoms in total. The molecule has 2 N–H and O–H groups in total. The van der Waals surface area contributed by atoms with Crippen molar-refractivity contribution in [2.45, 2.75) is 39.3 Å². The van der Waals surface area contributed by atoms with Crippen molar-refractivity contribution < 1.29 is 9.13 Å². The number of hydrogen-bond acceptors (Lipinski definition) is 3. The van der Waals surface area contributed by atoms with E-state index < -0.39 is 5.60 Å². The summed E-state index contributed by atoms with van der Waals surface area (Å²) in [6.45, 7) is 8.29. The van der Waals surface area contributed by atoms with E-state index >= 15 is 0 Å². The predicted octanol–water partition coefficient (Wildman–Crippen LogP) is 2.66. The van der Waals surface area contributed by atoms with E-state index in [1.807, 2.05) is 0 Å². The smallest absolute Gasteiger partial charge is 0.219 e. The Morgan fingerprint density at radius 1 is 1.35 bits per heavy atom. The summed E-state index contributed by atoms with van der Waals surface area (Å²) in [7, 11) is 0. The van der Waals surface area contributed by atoms with Crippen molar-refractivity contribution in [3.63, 3.8) is 0 Å². The largest absolute Gasteiger partial charge is 0.468 e. The highest BCUT2D eigenvalue weighted by Crippen LogP contribution is 2.48. The SMILES string of the molecule is CC(C)C1(C(C)C)Oc2ncc(F)cc2[C@H]1N. The molecule has 0 aliphatic carbocycles. The molecule has 1 atom stereocenters. The summed E-state index contributed by atoms with van der Waals surface area (Å²) in [5.41, 5.74) is 6.44. The van der Waals surface area contributed by atoms with Gasteiger partial charge in [0.1, 0.15) is 11.4 Å². The number of nitrogens with zero attached hydrogens (tertiary/aromatic N) is 1. The molecule has 0 bridgehead atoms. The van der Waals surface area contributed by atoms with Crippen LogP contribution in [0.4, 0.5) is 4.39 Å². The van der Waals surface area contributed by atoms with Gasteiger partial charge in [-0.2, -0.15) is 0 Å². The Bertz CT molecular complexity index is 423. The highest BCUT2D eigenvalue weighted by atomic mass is 19.1. The quantitative estimate of drug-likeness (QED) is 0.861. The van der Waals surface area contributed by atoms with Gasteiger partial charge < -0.3 is 10.5 Å². The maximum atomic E-state index is 13.2. The van der Waals surface area contributed by atoms with Gasteiger partial charge in [0, 0.05) is 5.56 Å². The van der Waals surface area contributed by atoms with Crippen LogP contribution in [0.15, 0.2) is 12.3 Å². The lowest BCUT2D eigenvalue weighted by Crippen LogP contribution is -2.51. The third-order valence-corrected chi connectivity index (χ3v) is 3.74. The normalized spacial score (nSPS) is 21.8. The maximum absolute atomic E-state index is 13.2. The molecule has 4 heteroatoms.